The number of hydrogen-bond acceptors (Lipinski definition) is 5. The Kier molecular flexibility index (Phi) is 29.5. The zero-order valence-corrected chi connectivity index (χ0v) is 16.7. The van der Waals surface area contributed by atoms with Crippen molar-refractivity contribution in [3.8, 4) is 0 Å². The maximum absolute atomic E-state index is 9.72. The van der Waals surface area contributed by atoms with Crippen molar-refractivity contribution in [2.75, 3.05) is 0 Å². The van der Waals surface area contributed by atoms with Crippen LogP contribution >= 0.6 is 0 Å². The van der Waals surface area contributed by atoms with Crippen LogP contribution in [0.5, 0.6) is 0 Å². The molecule has 8 nitrogen and oxygen atoms in total. The molecule has 5 N–H and O–H groups in total. The van der Waals surface area contributed by atoms with Crippen LogP contribution in [0.15, 0.2) is 0 Å². The number of carbonyl (C=O) groups is 2. The first-order chi connectivity index (χ1) is 6.04. The molecule has 1 radical (unpaired) electrons. The van der Waals surface area contributed by atoms with Gasteiger partial charge in [-0.3, -0.25) is 13.9 Å². The molecule has 17 heavy (non-hydrogen) atoms. The van der Waals surface area contributed by atoms with Gasteiger partial charge in [-0.05, 0) is 0 Å². The summed E-state index contributed by atoms with van der Waals surface area (Å²) < 4.78 is 24.0. The zero-order valence-electron chi connectivity index (χ0n) is 10.9. The monoisotopic (exact) mass is 493 g/mol. The fourth-order valence-corrected chi connectivity index (χ4v) is 0.253. The van der Waals surface area contributed by atoms with Gasteiger partial charge in [-0.25, -0.2) is 4.79 Å². The summed E-state index contributed by atoms with van der Waals surface area (Å²) in [6.45, 7) is 0. The van der Waals surface area contributed by atoms with Crippen molar-refractivity contribution in [3.05, 3.63) is 0 Å². The smallest absolute Gasteiger partial charge is 1.00 e. The van der Waals surface area contributed by atoms with Crippen LogP contribution in [0.4, 0.5) is 0 Å². The molecule has 0 saturated heterocycles. The van der Waals surface area contributed by atoms with Crippen LogP contribution in [0.25, 0.3) is 0 Å². The summed E-state index contributed by atoms with van der Waals surface area (Å²) in [5, 5.41) is 24.1. The van der Waals surface area contributed by atoms with E-state index in [4.69, 9.17) is 28.6 Å². The average Bonchev–Trinajstić information content (AvgIpc) is 1.80. The SMILES string of the molecule is O=C(O)CC(O)C(=O)O.O=S(O)(O)=S.[Au].[H-].[H-].[Na+].[Na+]. The van der Waals surface area contributed by atoms with E-state index in [0.717, 1.165) is 0 Å². The second kappa shape index (κ2) is 16.0. The van der Waals surface area contributed by atoms with E-state index in [1.807, 2.05) is 0 Å². The quantitative estimate of drug-likeness (QED) is 0.242. The molecule has 0 fully saturated rings. The van der Waals surface area contributed by atoms with Crippen molar-refractivity contribution >= 4 is 32.2 Å². The third-order valence-electron chi connectivity index (χ3n) is 0.653. The van der Waals surface area contributed by atoms with Gasteiger partial charge in [-0.2, -0.15) is 4.21 Å². The van der Waals surface area contributed by atoms with E-state index < -0.39 is 33.5 Å². The van der Waals surface area contributed by atoms with Gasteiger partial charge in [0, 0.05) is 33.6 Å². The van der Waals surface area contributed by atoms with Gasteiger partial charge in [0.15, 0.2) is 6.10 Å². The van der Waals surface area contributed by atoms with Gasteiger partial charge < -0.3 is 18.2 Å². The summed E-state index contributed by atoms with van der Waals surface area (Å²) in [4.78, 5) is 19.4. The largest absolute Gasteiger partial charge is 1.00 e. The van der Waals surface area contributed by atoms with E-state index in [2.05, 4.69) is 11.2 Å². The molecule has 0 aliphatic rings. The Morgan fingerprint density at radius 3 is 1.53 bits per heavy atom. The van der Waals surface area contributed by atoms with E-state index in [9.17, 15) is 9.59 Å². The molecule has 0 bridgehead atoms. The van der Waals surface area contributed by atoms with Crippen LogP contribution in [-0.4, -0.2) is 46.7 Å². The molecule has 0 aromatic carbocycles. The van der Waals surface area contributed by atoms with Gasteiger partial charge in [0.2, 0.25) is 0 Å². The number of carboxylic acids is 2. The molecular weight excluding hydrogens is 483 g/mol. The first-order valence-corrected chi connectivity index (χ1v) is 5.26. The summed E-state index contributed by atoms with van der Waals surface area (Å²) in [6.07, 6.45) is -2.54. The van der Waals surface area contributed by atoms with Gasteiger partial charge in [-0.15, -0.1) is 0 Å². The van der Waals surface area contributed by atoms with Gasteiger partial charge in [-0.1, -0.05) is 0 Å². The van der Waals surface area contributed by atoms with Crippen molar-refractivity contribution in [1.82, 2.24) is 0 Å². The molecule has 0 rings (SSSR count). The van der Waals surface area contributed by atoms with E-state index >= 15 is 0 Å². The van der Waals surface area contributed by atoms with Crippen LogP contribution in [0, 0.1) is 0 Å². The van der Waals surface area contributed by atoms with Crippen molar-refractivity contribution < 1.29 is 123 Å². The Balaban J connectivity index is -0.0000000261. The Morgan fingerprint density at radius 2 is 1.47 bits per heavy atom. The van der Waals surface area contributed by atoms with Crippen molar-refractivity contribution in [2.24, 2.45) is 0 Å². The van der Waals surface area contributed by atoms with Crippen molar-refractivity contribution in [2.45, 2.75) is 12.5 Å². The second-order valence-electron chi connectivity index (χ2n) is 1.90. The molecule has 0 aromatic rings. The molecule has 0 aliphatic heterocycles. The van der Waals surface area contributed by atoms with Gasteiger partial charge in [0.1, 0.15) is 0 Å². The Bertz CT molecular complexity index is 308. The van der Waals surface area contributed by atoms with Crippen LogP contribution in [0.2, 0.25) is 0 Å². The Hall–Kier alpha value is 1.93. The molecule has 0 heterocycles. The molecule has 99 valence electrons. The minimum Gasteiger partial charge on any atom is -1.00 e. The van der Waals surface area contributed by atoms with Crippen LogP contribution in [0.3, 0.4) is 0 Å². The van der Waals surface area contributed by atoms with E-state index in [0.29, 0.717) is 0 Å². The average molecular weight is 493 g/mol. The summed E-state index contributed by atoms with van der Waals surface area (Å²) >= 11 is 3.47. The van der Waals surface area contributed by atoms with Crippen molar-refractivity contribution in [1.29, 1.82) is 0 Å². The number of carboxylic acid groups (broad SMARTS) is 2. The molecule has 0 aliphatic carbocycles. The maximum atomic E-state index is 9.72. The van der Waals surface area contributed by atoms with E-state index in [1.165, 1.54) is 0 Å². The summed E-state index contributed by atoms with van der Waals surface area (Å²) in [5.41, 5.74) is 0. The van der Waals surface area contributed by atoms with Crippen LogP contribution in [-0.2, 0) is 52.2 Å². The van der Waals surface area contributed by atoms with Gasteiger partial charge >= 0.3 is 71.1 Å². The molecule has 13 heteroatoms. The minimum absolute atomic E-state index is 0. The maximum Gasteiger partial charge on any atom is 1.00 e. The van der Waals surface area contributed by atoms with E-state index in [1.54, 1.807) is 0 Å². The fourth-order valence-electron chi connectivity index (χ4n) is 0.253. The second-order valence-corrected chi connectivity index (χ2v) is 4.10. The third-order valence-corrected chi connectivity index (χ3v) is 0.653. The number of rotatable bonds is 3. The molecule has 0 amide bonds. The number of aliphatic hydroxyl groups excluding tert-OH is 1. The van der Waals surface area contributed by atoms with Gasteiger partial charge in [0.25, 0.3) is 9.05 Å². The fraction of sp³-hybridized carbons (Fsp3) is 0.500. The standard InChI is InChI=1S/C4H6O5.Au.2Na.H2O3S2.2H/c5-2(4(8)9)1-3(6)7;;;;1-5(2,3)4;;/h2,5H,1H2,(H,6,7)(H,8,9);;;;(H2,1,2,3,4);;/q;;2*+1;;2*-1. The molecule has 0 spiro atoms. The minimum atomic E-state index is -3.83. The van der Waals surface area contributed by atoms with Crippen LogP contribution in [0.1, 0.15) is 9.27 Å². The predicted molar refractivity (Wildman–Crippen MR) is 48.9 cm³/mol. The summed E-state index contributed by atoms with van der Waals surface area (Å²) in [7, 11) is -3.83. The zero-order chi connectivity index (χ0) is 11.9. The normalized spacial score (nSPS) is 10.1. The number of hydrogen-bond donors (Lipinski definition) is 5. The predicted octanol–water partition coefficient (Wildman–Crippen LogP) is -7.18. The van der Waals surface area contributed by atoms with Crippen molar-refractivity contribution in [3.63, 3.8) is 0 Å². The Morgan fingerprint density at radius 1 is 1.24 bits per heavy atom. The first kappa shape index (κ1) is 31.4. The summed E-state index contributed by atoms with van der Waals surface area (Å²) in [5.74, 6) is -2.85. The number of aliphatic hydroxyl groups is 1. The number of aliphatic carboxylic acids is 2. The molecule has 0 aromatic heterocycles. The molecule has 1 atom stereocenters. The van der Waals surface area contributed by atoms with Gasteiger partial charge in [0.05, 0.1) is 6.42 Å². The molecule has 1 unspecified atom stereocenters. The third kappa shape index (κ3) is 46.1. The Labute approximate surface area is 165 Å². The summed E-state index contributed by atoms with van der Waals surface area (Å²) in [6, 6.07) is 0. The van der Waals surface area contributed by atoms with Crippen LogP contribution < -0.4 is 59.1 Å². The van der Waals surface area contributed by atoms with E-state index in [-0.39, 0.29) is 84.3 Å². The molecule has 0 saturated carbocycles. The molecular formula is C4H10AuNa2O8S2. The first-order valence-electron chi connectivity index (χ1n) is 2.86. The topological polar surface area (TPSA) is 152 Å².